The van der Waals surface area contributed by atoms with E-state index in [-0.39, 0.29) is 17.7 Å². The highest BCUT2D eigenvalue weighted by atomic mass is 16.2. The Kier molecular flexibility index (Phi) is 6.74. The Balaban J connectivity index is 1.31. The number of fused-ring (bicyclic) bond motifs is 2. The number of nitrogens with two attached hydrogens (primary N) is 1. The van der Waals surface area contributed by atoms with Crippen molar-refractivity contribution in [2.45, 2.75) is 76.7 Å². The zero-order valence-electron chi connectivity index (χ0n) is 15.5. The van der Waals surface area contributed by atoms with E-state index >= 15 is 0 Å². The molecule has 142 valence electrons. The lowest BCUT2D eigenvalue weighted by atomic mass is 9.65. The number of amides is 2. The first-order valence-corrected chi connectivity index (χ1v) is 10.4. The van der Waals surface area contributed by atoms with Crippen molar-refractivity contribution in [1.82, 2.24) is 10.6 Å². The molecule has 0 heterocycles. The van der Waals surface area contributed by atoms with E-state index < -0.39 is 0 Å². The number of hydrogen-bond acceptors (Lipinski definition) is 3. The molecule has 2 atom stereocenters. The highest BCUT2D eigenvalue weighted by molar-refractivity contribution is 5.79. The van der Waals surface area contributed by atoms with Gasteiger partial charge >= 0.3 is 0 Å². The zero-order chi connectivity index (χ0) is 17.6. The average molecular weight is 350 g/mol. The second kappa shape index (κ2) is 9.02. The number of hydrogen-bond donors (Lipinski definition) is 3. The van der Waals surface area contributed by atoms with Crippen LogP contribution in [0.25, 0.3) is 0 Å². The molecule has 3 saturated carbocycles. The molecule has 3 aliphatic rings. The van der Waals surface area contributed by atoms with Gasteiger partial charge in [-0.1, -0.05) is 25.7 Å². The van der Waals surface area contributed by atoms with Gasteiger partial charge in [-0.3, -0.25) is 9.59 Å². The Hall–Kier alpha value is -1.10. The predicted molar refractivity (Wildman–Crippen MR) is 98.7 cm³/mol. The van der Waals surface area contributed by atoms with Gasteiger partial charge < -0.3 is 16.4 Å². The molecule has 0 aromatic heterocycles. The summed E-state index contributed by atoms with van der Waals surface area (Å²) < 4.78 is 0. The first-order chi connectivity index (χ1) is 12.1. The van der Waals surface area contributed by atoms with Gasteiger partial charge in [-0.15, -0.1) is 0 Å². The van der Waals surface area contributed by atoms with Crippen LogP contribution in [0.4, 0.5) is 0 Å². The Bertz CT molecular complexity index is 448. The summed E-state index contributed by atoms with van der Waals surface area (Å²) in [6, 6.07) is 0.303. The maximum Gasteiger partial charge on any atom is 0.223 e. The summed E-state index contributed by atoms with van der Waals surface area (Å²) in [6.07, 6.45) is 12.4. The topological polar surface area (TPSA) is 84.2 Å². The van der Waals surface area contributed by atoms with E-state index in [2.05, 4.69) is 10.6 Å². The number of rotatable bonds is 6. The summed E-state index contributed by atoms with van der Waals surface area (Å²) in [6.45, 7) is 1.07. The maximum atomic E-state index is 12.4. The molecule has 3 rings (SSSR count). The van der Waals surface area contributed by atoms with E-state index in [1.54, 1.807) is 0 Å². The van der Waals surface area contributed by atoms with Crippen LogP contribution >= 0.6 is 0 Å². The van der Waals surface area contributed by atoms with Gasteiger partial charge in [0.25, 0.3) is 0 Å². The lowest BCUT2D eigenvalue weighted by molar-refractivity contribution is -0.128. The van der Waals surface area contributed by atoms with E-state index in [0.717, 1.165) is 12.8 Å². The molecule has 0 spiro atoms. The molecule has 5 nitrogen and oxygen atoms in total. The van der Waals surface area contributed by atoms with Crippen molar-refractivity contribution in [2.24, 2.45) is 29.4 Å². The maximum absolute atomic E-state index is 12.4. The zero-order valence-corrected chi connectivity index (χ0v) is 15.5. The van der Waals surface area contributed by atoms with Crippen LogP contribution in [0.2, 0.25) is 0 Å². The van der Waals surface area contributed by atoms with Gasteiger partial charge in [-0.25, -0.2) is 0 Å². The van der Waals surface area contributed by atoms with Crippen LogP contribution in [0.5, 0.6) is 0 Å². The van der Waals surface area contributed by atoms with Gasteiger partial charge in [0.1, 0.15) is 0 Å². The third-order valence-corrected chi connectivity index (χ3v) is 6.73. The third kappa shape index (κ3) is 5.19. The van der Waals surface area contributed by atoms with Crippen LogP contribution in [0.3, 0.4) is 0 Å². The van der Waals surface area contributed by atoms with Crippen molar-refractivity contribution in [1.29, 1.82) is 0 Å². The van der Waals surface area contributed by atoms with E-state index in [9.17, 15) is 9.59 Å². The minimum absolute atomic E-state index is 0.119. The summed E-state index contributed by atoms with van der Waals surface area (Å²) in [5.74, 6) is 2.03. The van der Waals surface area contributed by atoms with E-state index in [4.69, 9.17) is 5.73 Å². The largest absolute Gasteiger partial charge is 0.354 e. The molecular formula is C20H35N3O2. The molecule has 0 aromatic carbocycles. The van der Waals surface area contributed by atoms with E-state index in [1.807, 2.05) is 0 Å². The van der Waals surface area contributed by atoms with Crippen LogP contribution in [0.15, 0.2) is 0 Å². The summed E-state index contributed by atoms with van der Waals surface area (Å²) in [7, 11) is 0. The van der Waals surface area contributed by atoms with Crippen molar-refractivity contribution < 1.29 is 9.59 Å². The quantitative estimate of drug-likeness (QED) is 0.644. The third-order valence-electron chi connectivity index (χ3n) is 6.73. The van der Waals surface area contributed by atoms with Crippen molar-refractivity contribution in [2.75, 3.05) is 13.1 Å². The van der Waals surface area contributed by atoms with Crippen molar-refractivity contribution in [3.8, 4) is 0 Å². The minimum Gasteiger partial charge on any atom is -0.354 e. The molecule has 0 saturated heterocycles. The fourth-order valence-electron chi connectivity index (χ4n) is 5.26. The molecule has 3 fully saturated rings. The van der Waals surface area contributed by atoms with Crippen molar-refractivity contribution in [3.05, 3.63) is 0 Å². The van der Waals surface area contributed by atoms with E-state index in [1.165, 1.54) is 51.4 Å². The molecule has 2 bridgehead atoms. The summed E-state index contributed by atoms with van der Waals surface area (Å²) >= 11 is 0. The lowest BCUT2D eigenvalue weighted by Crippen LogP contribution is -2.49. The molecule has 25 heavy (non-hydrogen) atoms. The Morgan fingerprint density at radius 1 is 0.840 bits per heavy atom. The summed E-state index contributed by atoms with van der Waals surface area (Å²) in [5, 5.41) is 5.98. The molecule has 4 N–H and O–H groups in total. The van der Waals surface area contributed by atoms with Gasteiger partial charge in [0.15, 0.2) is 0 Å². The molecule has 3 aliphatic carbocycles. The van der Waals surface area contributed by atoms with Gasteiger partial charge in [0.2, 0.25) is 11.8 Å². The SMILES string of the molecule is NC1C2CCCC1CC(C(=O)NCCNC(=O)CC1CCCCC1)C2. The van der Waals surface area contributed by atoms with Crippen LogP contribution in [0.1, 0.15) is 70.6 Å². The van der Waals surface area contributed by atoms with Crippen molar-refractivity contribution >= 4 is 11.8 Å². The molecule has 5 heteroatoms. The molecular weight excluding hydrogens is 314 g/mol. The lowest BCUT2D eigenvalue weighted by Gasteiger charge is -2.43. The molecule has 0 aromatic rings. The van der Waals surface area contributed by atoms with Gasteiger partial charge in [-0.2, -0.15) is 0 Å². The molecule has 2 unspecified atom stereocenters. The second-order valence-electron chi connectivity index (χ2n) is 8.55. The van der Waals surface area contributed by atoms with Gasteiger partial charge in [-0.05, 0) is 56.3 Å². The average Bonchev–Trinajstić information content (AvgIpc) is 2.59. The first-order valence-electron chi connectivity index (χ1n) is 10.4. The molecule has 2 amide bonds. The van der Waals surface area contributed by atoms with Gasteiger partial charge in [0, 0.05) is 31.5 Å². The number of carbonyl (C=O) groups excluding carboxylic acids is 2. The Morgan fingerprint density at radius 3 is 2.16 bits per heavy atom. The fourth-order valence-corrected chi connectivity index (χ4v) is 5.26. The Morgan fingerprint density at radius 2 is 1.48 bits per heavy atom. The smallest absolute Gasteiger partial charge is 0.223 e. The van der Waals surface area contributed by atoms with Crippen LogP contribution in [-0.4, -0.2) is 30.9 Å². The minimum atomic E-state index is 0.119. The molecule has 0 aliphatic heterocycles. The monoisotopic (exact) mass is 349 g/mol. The first kappa shape index (κ1) is 18.7. The van der Waals surface area contributed by atoms with E-state index in [0.29, 0.717) is 43.3 Å². The highest BCUT2D eigenvalue weighted by Crippen LogP contribution is 2.41. The van der Waals surface area contributed by atoms with Crippen molar-refractivity contribution in [3.63, 3.8) is 0 Å². The normalized spacial score (nSPS) is 32.8. The Labute approximate surface area is 151 Å². The van der Waals surface area contributed by atoms with Crippen LogP contribution in [0, 0.1) is 23.7 Å². The summed E-state index contributed by atoms with van der Waals surface area (Å²) in [4.78, 5) is 24.4. The van der Waals surface area contributed by atoms with Crippen LogP contribution in [-0.2, 0) is 9.59 Å². The summed E-state index contributed by atoms with van der Waals surface area (Å²) in [5.41, 5.74) is 6.30. The predicted octanol–water partition coefficient (Wildman–Crippen LogP) is 2.34. The highest BCUT2D eigenvalue weighted by Gasteiger charge is 2.40. The number of nitrogens with one attached hydrogen (secondary N) is 2. The van der Waals surface area contributed by atoms with Crippen LogP contribution < -0.4 is 16.4 Å². The second-order valence-corrected chi connectivity index (χ2v) is 8.55. The number of carbonyl (C=O) groups is 2. The van der Waals surface area contributed by atoms with Gasteiger partial charge in [0.05, 0.1) is 0 Å². The standard InChI is InChI=1S/C20H35N3O2/c21-19-15-7-4-8-16(19)13-17(12-15)20(25)23-10-9-22-18(24)11-14-5-2-1-3-6-14/h14-17,19H,1-13,21H2,(H,22,24)(H,23,25). The molecule has 0 radical (unpaired) electrons. The fraction of sp³-hybridized carbons (Fsp3) is 0.900.